The Kier molecular flexibility index (Phi) is 6.83. The monoisotopic (exact) mass is 498 g/mol. The summed E-state index contributed by atoms with van der Waals surface area (Å²) in [6.45, 7) is 1.12. The lowest BCUT2D eigenvalue weighted by molar-refractivity contribution is -0.131. The Morgan fingerprint density at radius 2 is 1.85 bits per heavy atom. The molecule has 0 saturated carbocycles. The number of amides is 1. The lowest BCUT2D eigenvalue weighted by Crippen LogP contribution is -2.37. The topological polar surface area (TPSA) is 84.0 Å². The molecule has 11 heteroatoms. The van der Waals surface area contributed by atoms with Crippen molar-refractivity contribution >= 4 is 33.2 Å². The van der Waals surface area contributed by atoms with E-state index in [9.17, 15) is 26.8 Å². The number of thiophene rings is 1. The van der Waals surface area contributed by atoms with Crippen LogP contribution in [0.1, 0.15) is 45.6 Å². The summed E-state index contributed by atoms with van der Waals surface area (Å²) in [5.41, 5.74) is 0.579. The normalized spacial score (nSPS) is 17.0. The first kappa shape index (κ1) is 23.8. The van der Waals surface area contributed by atoms with Gasteiger partial charge in [0.1, 0.15) is 15.8 Å². The summed E-state index contributed by atoms with van der Waals surface area (Å²) in [4.78, 5) is 27.4. The van der Waals surface area contributed by atoms with Gasteiger partial charge in [0.15, 0.2) is 0 Å². The largest absolute Gasteiger partial charge is 0.465 e. The van der Waals surface area contributed by atoms with Gasteiger partial charge in [-0.3, -0.25) is 4.79 Å². The molecule has 0 atom stereocenters. The van der Waals surface area contributed by atoms with Gasteiger partial charge in [0.2, 0.25) is 5.91 Å². The zero-order valence-electron chi connectivity index (χ0n) is 18.1. The lowest BCUT2D eigenvalue weighted by atomic mass is 10.0. The third kappa shape index (κ3) is 4.67. The first-order valence-corrected chi connectivity index (χ1v) is 12.9. The summed E-state index contributed by atoms with van der Waals surface area (Å²) in [7, 11) is -2.68. The van der Waals surface area contributed by atoms with Gasteiger partial charge in [-0.2, -0.15) is 4.31 Å². The minimum atomic E-state index is -3.88. The van der Waals surface area contributed by atoms with Crippen molar-refractivity contribution in [3.63, 3.8) is 0 Å². The van der Waals surface area contributed by atoms with Crippen molar-refractivity contribution in [2.45, 2.75) is 42.9 Å². The summed E-state index contributed by atoms with van der Waals surface area (Å²) in [5, 5.41) is 0. The average Bonchev–Trinajstić information content (AvgIpc) is 3.21. The molecule has 0 unspecified atom stereocenters. The van der Waals surface area contributed by atoms with E-state index in [1.807, 2.05) is 0 Å². The smallest absolute Gasteiger partial charge is 0.340 e. The van der Waals surface area contributed by atoms with E-state index in [0.29, 0.717) is 23.5 Å². The molecule has 1 fully saturated rings. The standard InChI is InChI=1S/C22H24F2N2O5S2/c1-31-21(28)20-16-7-10-25(19(27)12-14-11-15(23)5-6-17(14)24)13-18(16)32-22(20)33(29,30)26-8-3-2-4-9-26/h5-6,11H,2-4,7-10,12-13H2,1H3. The number of rotatable bonds is 5. The van der Waals surface area contributed by atoms with Crippen molar-refractivity contribution in [2.24, 2.45) is 0 Å². The van der Waals surface area contributed by atoms with Crippen LogP contribution in [-0.4, -0.2) is 56.2 Å². The number of halogens is 2. The van der Waals surface area contributed by atoms with E-state index in [-0.39, 0.29) is 41.3 Å². The van der Waals surface area contributed by atoms with E-state index in [1.165, 1.54) is 16.3 Å². The molecule has 0 spiro atoms. The van der Waals surface area contributed by atoms with Crippen LogP contribution in [0.25, 0.3) is 0 Å². The molecule has 3 heterocycles. The number of sulfonamides is 1. The van der Waals surface area contributed by atoms with Crippen molar-refractivity contribution in [1.82, 2.24) is 9.21 Å². The van der Waals surface area contributed by atoms with E-state index in [0.717, 1.165) is 48.8 Å². The quantitative estimate of drug-likeness (QED) is 0.592. The number of nitrogens with zero attached hydrogens (tertiary/aromatic N) is 2. The zero-order chi connectivity index (χ0) is 23.8. The predicted octanol–water partition coefficient (Wildman–Crippen LogP) is 3.11. The minimum absolute atomic E-state index is 0.0411. The second kappa shape index (κ2) is 9.47. The Morgan fingerprint density at radius 1 is 1.12 bits per heavy atom. The summed E-state index contributed by atoms with van der Waals surface area (Å²) in [6.07, 6.45) is 2.43. The Hall–Kier alpha value is -2.37. The number of hydrogen-bond acceptors (Lipinski definition) is 6. The van der Waals surface area contributed by atoms with Gasteiger partial charge in [0.05, 0.1) is 25.6 Å². The molecule has 2 aromatic rings. The highest BCUT2D eigenvalue weighted by Crippen LogP contribution is 2.38. The maximum Gasteiger partial charge on any atom is 0.340 e. The molecule has 4 rings (SSSR count). The lowest BCUT2D eigenvalue weighted by Gasteiger charge is -2.27. The fraction of sp³-hybridized carbons (Fsp3) is 0.455. The van der Waals surface area contributed by atoms with Gasteiger partial charge in [0.25, 0.3) is 10.0 Å². The molecule has 2 aliphatic heterocycles. The van der Waals surface area contributed by atoms with Crippen molar-refractivity contribution in [1.29, 1.82) is 0 Å². The fourth-order valence-corrected chi connectivity index (χ4v) is 7.81. The predicted molar refractivity (Wildman–Crippen MR) is 117 cm³/mol. The van der Waals surface area contributed by atoms with E-state index in [2.05, 4.69) is 0 Å². The first-order chi connectivity index (χ1) is 15.7. The number of esters is 1. The molecular formula is C22H24F2N2O5S2. The number of benzene rings is 1. The Morgan fingerprint density at radius 3 is 2.55 bits per heavy atom. The van der Waals surface area contributed by atoms with Gasteiger partial charge in [-0.05, 0) is 43.0 Å². The van der Waals surface area contributed by atoms with E-state index < -0.39 is 33.5 Å². The van der Waals surface area contributed by atoms with Crippen LogP contribution in [0.15, 0.2) is 22.4 Å². The number of fused-ring (bicyclic) bond motifs is 1. The van der Waals surface area contributed by atoms with Crippen LogP contribution in [0.3, 0.4) is 0 Å². The molecule has 0 radical (unpaired) electrons. The zero-order valence-corrected chi connectivity index (χ0v) is 19.7. The van der Waals surface area contributed by atoms with Gasteiger partial charge in [-0.15, -0.1) is 11.3 Å². The highest BCUT2D eigenvalue weighted by molar-refractivity contribution is 7.91. The molecule has 0 N–H and O–H groups in total. The summed E-state index contributed by atoms with van der Waals surface area (Å²) >= 11 is 0.981. The summed E-state index contributed by atoms with van der Waals surface area (Å²) < 4.78 is 60.4. The maximum absolute atomic E-state index is 14.0. The maximum atomic E-state index is 14.0. The molecule has 1 aromatic carbocycles. The van der Waals surface area contributed by atoms with E-state index >= 15 is 0 Å². The second-order valence-electron chi connectivity index (χ2n) is 8.10. The van der Waals surface area contributed by atoms with Crippen LogP contribution < -0.4 is 0 Å². The molecule has 0 bridgehead atoms. The third-order valence-electron chi connectivity index (χ3n) is 6.01. The van der Waals surface area contributed by atoms with Gasteiger partial charge in [-0.1, -0.05) is 6.42 Å². The molecular weight excluding hydrogens is 474 g/mol. The van der Waals surface area contributed by atoms with Crippen LogP contribution in [0.4, 0.5) is 8.78 Å². The van der Waals surface area contributed by atoms with Crippen molar-refractivity contribution < 1.29 is 31.5 Å². The van der Waals surface area contributed by atoms with Crippen LogP contribution in [-0.2, 0) is 38.9 Å². The van der Waals surface area contributed by atoms with Crippen molar-refractivity contribution in [3.05, 3.63) is 51.4 Å². The average molecular weight is 499 g/mol. The highest BCUT2D eigenvalue weighted by Gasteiger charge is 2.38. The number of carbonyl (C=O) groups is 2. The molecule has 0 aliphatic carbocycles. The van der Waals surface area contributed by atoms with Crippen molar-refractivity contribution in [3.8, 4) is 0 Å². The third-order valence-corrected chi connectivity index (χ3v) is 9.62. The van der Waals surface area contributed by atoms with Crippen LogP contribution in [0.5, 0.6) is 0 Å². The summed E-state index contributed by atoms with van der Waals surface area (Å²) in [5.74, 6) is -2.42. The van der Waals surface area contributed by atoms with Crippen LogP contribution in [0.2, 0.25) is 0 Å². The highest BCUT2D eigenvalue weighted by atomic mass is 32.2. The molecule has 7 nitrogen and oxygen atoms in total. The fourth-order valence-electron chi connectivity index (χ4n) is 4.26. The Balaban J connectivity index is 1.63. The molecule has 1 aromatic heterocycles. The molecule has 178 valence electrons. The van der Waals surface area contributed by atoms with E-state index in [4.69, 9.17) is 4.74 Å². The van der Waals surface area contributed by atoms with Gasteiger partial charge < -0.3 is 9.64 Å². The number of ether oxygens (including phenoxy) is 1. The number of carbonyl (C=O) groups excluding carboxylic acids is 2. The first-order valence-electron chi connectivity index (χ1n) is 10.7. The van der Waals surface area contributed by atoms with Gasteiger partial charge in [0, 0.05) is 30.1 Å². The summed E-state index contributed by atoms with van der Waals surface area (Å²) in [6, 6.07) is 2.96. The number of methoxy groups -OCH3 is 1. The van der Waals surface area contributed by atoms with Gasteiger partial charge >= 0.3 is 5.97 Å². The molecule has 1 amide bonds. The van der Waals surface area contributed by atoms with Gasteiger partial charge in [-0.25, -0.2) is 22.0 Å². The molecule has 1 saturated heterocycles. The number of hydrogen-bond donors (Lipinski definition) is 0. The Bertz CT molecular complexity index is 1190. The minimum Gasteiger partial charge on any atom is -0.465 e. The second-order valence-corrected chi connectivity index (χ2v) is 11.3. The Labute approximate surface area is 195 Å². The molecule has 2 aliphatic rings. The number of piperidine rings is 1. The molecule has 33 heavy (non-hydrogen) atoms. The van der Waals surface area contributed by atoms with E-state index in [1.54, 1.807) is 0 Å². The van der Waals surface area contributed by atoms with Crippen molar-refractivity contribution in [2.75, 3.05) is 26.7 Å². The SMILES string of the molecule is COC(=O)c1c(S(=O)(=O)N2CCCCC2)sc2c1CCN(C(=O)Cc1cc(F)ccc1F)C2. The van der Waals surface area contributed by atoms with Crippen LogP contribution >= 0.6 is 11.3 Å². The van der Waals surface area contributed by atoms with Crippen LogP contribution in [0, 0.1) is 11.6 Å².